The zero-order valence-corrected chi connectivity index (χ0v) is 11.6. The van der Waals surface area contributed by atoms with E-state index < -0.39 is 8.32 Å². The summed E-state index contributed by atoms with van der Waals surface area (Å²) in [5.74, 6) is 0. The van der Waals surface area contributed by atoms with E-state index in [1.54, 1.807) is 0 Å². The second-order valence-corrected chi connectivity index (χ2v) is 10.3. The minimum absolute atomic E-state index is 0.561. The summed E-state index contributed by atoms with van der Waals surface area (Å²) in [6.45, 7) is 6.62. The van der Waals surface area contributed by atoms with Crippen molar-refractivity contribution in [2.45, 2.75) is 25.7 Å². The fourth-order valence-electron chi connectivity index (χ4n) is 0.983. The second kappa shape index (κ2) is 5.12. The summed E-state index contributed by atoms with van der Waals surface area (Å²) in [5.41, 5.74) is 1.26. The molecule has 14 heavy (non-hydrogen) atoms. The van der Waals surface area contributed by atoms with Crippen LogP contribution in [0.2, 0.25) is 24.7 Å². The number of rotatable bonds is 4. The normalized spacial score (nSPS) is 11.7. The standard InChI is InChI=1S/C10H15ClOSi2/c1-14(2,3)12-13-8-9-5-4-6-10(11)7-9/h4-7H,8H2,1-3H3. The number of hydrogen-bond acceptors (Lipinski definition) is 1. The van der Waals surface area contributed by atoms with E-state index in [1.807, 2.05) is 18.2 Å². The van der Waals surface area contributed by atoms with Crippen LogP contribution in [0.3, 0.4) is 0 Å². The Morgan fingerprint density at radius 3 is 2.64 bits per heavy atom. The lowest BCUT2D eigenvalue weighted by atomic mass is 10.2. The van der Waals surface area contributed by atoms with E-state index in [1.165, 1.54) is 5.56 Å². The Morgan fingerprint density at radius 2 is 2.07 bits per heavy atom. The fourth-order valence-corrected chi connectivity index (χ4v) is 3.60. The molecule has 0 aliphatic rings. The highest BCUT2D eigenvalue weighted by atomic mass is 35.5. The van der Waals surface area contributed by atoms with Gasteiger partial charge in [-0.2, -0.15) is 0 Å². The van der Waals surface area contributed by atoms with Gasteiger partial charge in [0, 0.05) is 5.02 Å². The Labute approximate surface area is 94.5 Å². The minimum atomic E-state index is -1.35. The summed E-state index contributed by atoms with van der Waals surface area (Å²) < 4.78 is 5.80. The summed E-state index contributed by atoms with van der Waals surface area (Å²) in [5, 5.41) is 0.806. The highest BCUT2D eigenvalue weighted by Crippen LogP contribution is 2.11. The molecule has 1 rings (SSSR count). The molecular formula is C10H15ClOSi2. The van der Waals surface area contributed by atoms with Gasteiger partial charge in [-0.3, -0.25) is 0 Å². The van der Waals surface area contributed by atoms with Crippen LogP contribution in [0.15, 0.2) is 24.3 Å². The molecule has 0 N–H and O–H groups in total. The predicted molar refractivity (Wildman–Crippen MR) is 65.3 cm³/mol. The van der Waals surface area contributed by atoms with Crippen molar-refractivity contribution in [1.29, 1.82) is 0 Å². The molecule has 1 nitrogen and oxygen atoms in total. The van der Waals surface area contributed by atoms with Gasteiger partial charge in [0.25, 0.3) is 0 Å². The Kier molecular flexibility index (Phi) is 4.38. The topological polar surface area (TPSA) is 9.23 Å². The van der Waals surface area contributed by atoms with Crippen LogP contribution < -0.4 is 0 Å². The Balaban J connectivity index is 2.39. The van der Waals surface area contributed by atoms with E-state index in [0.29, 0.717) is 9.76 Å². The molecule has 76 valence electrons. The summed E-state index contributed by atoms with van der Waals surface area (Å²) in [6.07, 6.45) is 0. The predicted octanol–water partition coefficient (Wildman–Crippen LogP) is 3.31. The maximum absolute atomic E-state index is 5.88. The third-order valence-corrected chi connectivity index (χ3v) is 5.36. The maximum Gasteiger partial charge on any atom is 0.220 e. The van der Waals surface area contributed by atoms with Crippen molar-refractivity contribution in [1.82, 2.24) is 0 Å². The molecule has 0 aromatic heterocycles. The van der Waals surface area contributed by atoms with Crippen LogP contribution in [0, 0.1) is 0 Å². The molecule has 0 unspecified atom stereocenters. The van der Waals surface area contributed by atoms with Gasteiger partial charge < -0.3 is 4.12 Å². The molecule has 0 aliphatic carbocycles. The first kappa shape index (κ1) is 12.0. The molecule has 0 fully saturated rings. The number of hydrogen-bond donors (Lipinski definition) is 0. The van der Waals surface area contributed by atoms with Crippen molar-refractivity contribution in [3.63, 3.8) is 0 Å². The zero-order valence-electron chi connectivity index (χ0n) is 8.80. The summed E-state index contributed by atoms with van der Waals surface area (Å²) in [6, 6.07) is 8.95. The van der Waals surface area contributed by atoms with Crippen molar-refractivity contribution in [2.24, 2.45) is 0 Å². The van der Waals surface area contributed by atoms with Crippen LogP contribution in [-0.2, 0) is 10.2 Å². The average molecular weight is 243 g/mol. The second-order valence-electron chi connectivity index (χ2n) is 4.17. The van der Waals surface area contributed by atoms with Gasteiger partial charge >= 0.3 is 0 Å². The molecule has 0 saturated carbocycles. The minimum Gasteiger partial charge on any atom is -0.456 e. The van der Waals surface area contributed by atoms with Crippen molar-refractivity contribution in [3.8, 4) is 0 Å². The SMILES string of the molecule is C[Si](C)(C)O[Si]Cc1cccc(Cl)c1. The van der Waals surface area contributed by atoms with Gasteiger partial charge in [0.15, 0.2) is 8.32 Å². The van der Waals surface area contributed by atoms with Crippen LogP contribution in [0.25, 0.3) is 0 Å². The van der Waals surface area contributed by atoms with Gasteiger partial charge in [0.2, 0.25) is 9.76 Å². The van der Waals surface area contributed by atoms with Crippen molar-refractivity contribution >= 4 is 29.7 Å². The highest BCUT2D eigenvalue weighted by molar-refractivity contribution is 6.73. The van der Waals surface area contributed by atoms with E-state index in [2.05, 4.69) is 25.7 Å². The van der Waals surface area contributed by atoms with Crippen LogP contribution in [-0.4, -0.2) is 18.1 Å². The van der Waals surface area contributed by atoms with Gasteiger partial charge in [-0.1, -0.05) is 23.7 Å². The van der Waals surface area contributed by atoms with Crippen LogP contribution in [0.4, 0.5) is 0 Å². The Morgan fingerprint density at radius 1 is 1.36 bits per heavy atom. The largest absolute Gasteiger partial charge is 0.456 e. The first-order valence-corrected chi connectivity index (χ1v) is 9.53. The van der Waals surface area contributed by atoms with E-state index in [4.69, 9.17) is 15.7 Å². The third kappa shape index (κ3) is 4.95. The van der Waals surface area contributed by atoms with Gasteiger partial charge in [-0.15, -0.1) is 0 Å². The first-order valence-electron chi connectivity index (χ1n) is 4.63. The molecule has 0 saturated heterocycles. The Bertz CT molecular complexity index is 296. The molecule has 0 spiro atoms. The zero-order chi connectivity index (χ0) is 10.6. The molecule has 0 atom stereocenters. The van der Waals surface area contributed by atoms with Gasteiger partial charge in [0.1, 0.15) is 0 Å². The molecule has 1 aromatic rings. The molecular weight excluding hydrogens is 228 g/mol. The Hall–Kier alpha value is -0.0962. The van der Waals surface area contributed by atoms with Gasteiger partial charge in [-0.25, -0.2) is 0 Å². The van der Waals surface area contributed by atoms with Crippen LogP contribution >= 0.6 is 11.6 Å². The van der Waals surface area contributed by atoms with E-state index in [0.717, 1.165) is 11.1 Å². The van der Waals surface area contributed by atoms with E-state index in [9.17, 15) is 0 Å². The van der Waals surface area contributed by atoms with E-state index >= 15 is 0 Å². The third-order valence-electron chi connectivity index (χ3n) is 1.54. The molecule has 1 aromatic carbocycles. The molecule has 0 bridgehead atoms. The maximum atomic E-state index is 5.88. The first-order chi connectivity index (χ1) is 6.47. The lowest BCUT2D eigenvalue weighted by Crippen LogP contribution is -2.28. The summed E-state index contributed by atoms with van der Waals surface area (Å²) >= 11 is 5.88. The molecule has 0 heterocycles. The van der Waals surface area contributed by atoms with Crippen LogP contribution in [0.5, 0.6) is 0 Å². The average Bonchev–Trinajstić information content (AvgIpc) is 2.01. The summed E-state index contributed by atoms with van der Waals surface area (Å²) in [7, 11) is -0.785. The van der Waals surface area contributed by atoms with E-state index in [-0.39, 0.29) is 0 Å². The highest BCUT2D eigenvalue weighted by Gasteiger charge is 2.13. The van der Waals surface area contributed by atoms with Gasteiger partial charge in [0.05, 0.1) is 0 Å². The number of benzene rings is 1. The van der Waals surface area contributed by atoms with Crippen LogP contribution in [0.1, 0.15) is 5.56 Å². The van der Waals surface area contributed by atoms with Crippen molar-refractivity contribution in [3.05, 3.63) is 34.9 Å². The van der Waals surface area contributed by atoms with Gasteiger partial charge in [-0.05, 0) is 43.4 Å². The lowest BCUT2D eigenvalue weighted by Gasteiger charge is -2.16. The smallest absolute Gasteiger partial charge is 0.220 e. The number of halogens is 1. The lowest BCUT2D eigenvalue weighted by molar-refractivity contribution is 0.595. The molecule has 0 aliphatic heterocycles. The summed E-state index contributed by atoms with van der Waals surface area (Å²) in [4.78, 5) is 0. The van der Waals surface area contributed by atoms with Crippen molar-refractivity contribution in [2.75, 3.05) is 0 Å². The molecule has 2 radical (unpaired) electrons. The molecule has 0 amide bonds. The monoisotopic (exact) mass is 242 g/mol. The van der Waals surface area contributed by atoms with Crippen molar-refractivity contribution < 1.29 is 4.12 Å². The fraction of sp³-hybridized carbons (Fsp3) is 0.400. The quantitative estimate of drug-likeness (QED) is 0.737. The molecule has 4 heteroatoms.